The van der Waals surface area contributed by atoms with E-state index in [1.807, 2.05) is 12.1 Å². The van der Waals surface area contributed by atoms with E-state index in [0.29, 0.717) is 0 Å². The van der Waals surface area contributed by atoms with E-state index in [2.05, 4.69) is 162 Å². The van der Waals surface area contributed by atoms with Crippen LogP contribution in [0.15, 0.2) is 126 Å². The SMILES string of the molecule is Cc1cccc2c3c(ccc12)B1c2ccc4c(C)cccc4c2N(c2ccccc2C(C)(C)C)c2cc(SC(F)(F)F)cc(c21)N3c1ccccc1C(C)(C)C. The number of alkyl halides is 3. The molecule has 0 atom stereocenters. The zero-order valence-corrected chi connectivity index (χ0v) is 33.9. The Hall–Kier alpha value is -5.14. The Balaban J connectivity index is 1.51. The highest BCUT2D eigenvalue weighted by molar-refractivity contribution is 8.00. The minimum Gasteiger partial charge on any atom is -0.310 e. The van der Waals surface area contributed by atoms with Crippen LogP contribution in [0.1, 0.15) is 63.8 Å². The topological polar surface area (TPSA) is 6.48 Å². The number of para-hydroxylation sites is 2. The molecule has 0 amide bonds. The summed E-state index contributed by atoms with van der Waals surface area (Å²) in [7, 11) is 0. The Morgan fingerprint density at radius 2 is 0.911 bits per heavy atom. The number of hydrogen-bond acceptors (Lipinski definition) is 3. The molecule has 0 aromatic heterocycles. The van der Waals surface area contributed by atoms with Crippen molar-refractivity contribution in [2.45, 2.75) is 76.6 Å². The molecular formula is C49H44BF3N2S. The lowest BCUT2D eigenvalue weighted by atomic mass is 9.33. The predicted molar refractivity (Wildman–Crippen MR) is 234 cm³/mol. The van der Waals surface area contributed by atoms with Crippen LogP contribution in [0.2, 0.25) is 0 Å². The third kappa shape index (κ3) is 5.72. The van der Waals surface area contributed by atoms with Gasteiger partial charge in [0, 0.05) is 49.8 Å². The van der Waals surface area contributed by atoms with Gasteiger partial charge in [-0.3, -0.25) is 0 Å². The highest BCUT2D eigenvalue weighted by atomic mass is 32.2. The third-order valence-corrected chi connectivity index (χ3v) is 12.4. The van der Waals surface area contributed by atoms with Crippen molar-refractivity contribution in [1.82, 2.24) is 0 Å². The quantitative estimate of drug-likeness (QED) is 0.131. The standard InChI is InChI=1S/C49H44BF3N2S/c1-29-15-13-17-34-32(29)23-25-38-45(34)54(40-21-11-9-19-36(40)47(3,4)5)42-27-31(56-49(51,52)53)28-43-44(42)50(38)39-26-24-33-30(2)16-14-18-35(33)46(39)55(43)41-22-12-10-20-37(41)48(6,7)8/h9-28H,1-8H3. The number of thioether (sulfide) groups is 1. The monoisotopic (exact) mass is 760 g/mol. The van der Waals surface area contributed by atoms with Crippen molar-refractivity contribution in [3.05, 3.63) is 144 Å². The molecule has 0 N–H and O–H groups in total. The minimum atomic E-state index is -4.49. The zero-order valence-electron chi connectivity index (χ0n) is 33.1. The summed E-state index contributed by atoms with van der Waals surface area (Å²) < 4.78 is 44.1. The van der Waals surface area contributed by atoms with Crippen molar-refractivity contribution in [1.29, 1.82) is 0 Å². The lowest BCUT2D eigenvalue weighted by Gasteiger charge is -2.46. The number of fused-ring (bicyclic) bond motifs is 8. The average molecular weight is 761 g/mol. The van der Waals surface area contributed by atoms with Crippen LogP contribution in [-0.2, 0) is 10.8 Å². The molecule has 7 aromatic carbocycles. The van der Waals surface area contributed by atoms with E-state index in [0.717, 1.165) is 94.3 Å². The lowest BCUT2D eigenvalue weighted by Crippen LogP contribution is -2.61. The lowest BCUT2D eigenvalue weighted by molar-refractivity contribution is -0.0328. The van der Waals surface area contributed by atoms with Crippen LogP contribution < -0.4 is 26.2 Å². The normalized spacial score (nSPS) is 13.9. The molecule has 7 aromatic rings. The van der Waals surface area contributed by atoms with E-state index in [-0.39, 0.29) is 34.2 Å². The molecule has 2 nitrogen and oxygen atoms in total. The molecule has 56 heavy (non-hydrogen) atoms. The fourth-order valence-electron chi connectivity index (χ4n) is 9.28. The van der Waals surface area contributed by atoms with E-state index < -0.39 is 5.51 Å². The number of anilines is 6. The van der Waals surface area contributed by atoms with E-state index in [9.17, 15) is 13.2 Å². The summed E-state index contributed by atoms with van der Waals surface area (Å²) in [5.41, 5.74) is 8.29. The number of nitrogens with zero attached hydrogens (tertiary/aromatic N) is 2. The van der Waals surface area contributed by atoms with Gasteiger partial charge in [0.1, 0.15) is 0 Å². The molecule has 2 heterocycles. The first kappa shape index (κ1) is 36.5. The maximum atomic E-state index is 14.7. The maximum absolute atomic E-state index is 14.7. The van der Waals surface area contributed by atoms with Gasteiger partial charge in [0.15, 0.2) is 0 Å². The van der Waals surface area contributed by atoms with Gasteiger partial charge in [0.2, 0.25) is 0 Å². The second-order valence-corrected chi connectivity index (χ2v) is 18.5. The van der Waals surface area contributed by atoms with E-state index >= 15 is 0 Å². The smallest absolute Gasteiger partial charge is 0.310 e. The van der Waals surface area contributed by atoms with Crippen molar-refractivity contribution in [3.63, 3.8) is 0 Å². The van der Waals surface area contributed by atoms with Crippen LogP contribution in [0, 0.1) is 13.8 Å². The second kappa shape index (κ2) is 12.7. The summed E-state index contributed by atoms with van der Waals surface area (Å²) in [4.78, 5) is 4.73. The van der Waals surface area contributed by atoms with Gasteiger partial charge in [-0.1, -0.05) is 139 Å². The van der Waals surface area contributed by atoms with Gasteiger partial charge < -0.3 is 9.80 Å². The molecule has 0 fully saturated rings. The molecule has 9 rings (SSSR count). The largest absolute Gasteiger partial charge is 0.446 e. The molecule has 0 saturated heterocycles. The number of benzene rings is 7. The van der Waals surface area contributed by atoms with Gasteiger partial charge in [-0.2, -0.15) is 13.2 Å². The fourth-order valence-corrected chi connectivity index (χ4v) is 9.89. The molecule has 2 aliphatic rings. The molecule has 0 aliphatic carbocycles. The van der Waals surface area contributed by atoms with Gasteiger partial charge in [0.05, 0.1) is 0 Å². The van der Waals surface area contributed by atoms with Gasteiger partial charge in [0.25, 0.3) is 6.71 Å². The Labute approximate surface area is 332 Å². The van der Waals surface area contributed by atoms with Crippen LogP contribution in [0.4, 0.5) is 47.3 Å². The van der Waals surface area contributed by atoms with Crippen molar-refractivity contribution >= 4 is 90.5 Å². The van der Waals surface area contributed by atoms with E-state index in [1.165, 1.54) is 0 Å². The Kier molecular flexibility index (Phi) is 8.27. The molecule has 0 radical (unpaired) electrons. The van der Waals surface area contributed by atoms with Crippen molar-refractivity contribution < 1.29 is 13.2 Å². The first-order chi connectivity index (χ1) is 26.5. The molecule has 280 valence electrons. The number of hydrogen-bond donors (Lipinski definition) is 0. The minimum absolute atomic E-state index is 0.0362. The van der Waals surface area contributed by atoms with Gasteiger partial charge in [-0.05, 0) is 110 Å². The van der Waals surface area contributed by atoms with Gasteiger partial charge in [-0.25, -0.2) is 0 Å². The zero-order chi connectivity index (χ0) is 39.5. The second-order valence-electron chi connectivity index (χ2n) is 17.4. The average Bonchev–Trinajstić information content (AvgIpc) is 3.13. The van der Waals surface area contributed by atoms with Crippen molar-refractivity contribution in [2.24, 2.45) is 0 Å². The number of halogens is 3. The van der Waals surface area contributed by atoms with Crippen LogP contribution in [0.25, 0.3) is 21.5 Å². The first-order valence-corrected chi connectivity index (χ1v) is 20.1. The molecule has 0 saturated carbocycles. The van der Waals surface area contributed by atoms with Gasteiger partial charge in [-0.15, -0.1) is 0 Å². The molecule has 0 spiro atoms. The Morgan fingerprint density at radius 3 is 1.32 bits per heavy atom. The fraction of sp³-hybridized carbons (Fsp3) is 0.224. The summed E-state index contributed by atoms with van der Waals surface area (Å²) in [5, 5.41) is 4.40. The summed E-state index contributed by atoms with van der Waals surface area (Å²) in [6, 6.07) is 42.2. The molecular weight excluding hydrogens is 716 g/mol. The Bertz CT molecular complexity index is 2560. The number of aryl methyl sites for hydroxylation is 2. The van der Waals surface area contributed by atoms with E-state index in [4.69, 9.17) is 0 Å². The summed E-state index contributed by atoms with van der Waals surface area (Å²) in [5.74, 6) is 0. The molecule has 0 bridgehead atoms. The highest BCUT2D eigenvalue weighted by Crippen LogP contribution is 2.52. The maximum Gasteiger partial charge on any atom is 0.446 e. The van der Waals surface area contributed by atoms with Crippen LogP contribution >= 0.6 is 11.8 Å². The van der Waals surface area contributed by atoms with Crippen LogP contribution in [-0.4, -0.2) is 12.2 Å². The molecule has 7 heteroatoms. The summed E-state index contributed by atoms with van der Waals surface area (Å²) in [6.45, 7) is 17.2. The van der Waals surface area contributed by atoms with E-state index in [1.54, 1.807) is 12.1 Å². The number of rotatable bonds is 3. The first-order valence-electron chi connectivity index (χ1n) is 19.3. The van der Waals surface area contributed by atoms with Crippen LogP contribution in [0.5, 0.6) is 0 Å². The van der Waals surface area contributed by atoms with Crippen LogP contribution in [0.3, 0.4) is 0 Å². The van der Waals surface area contributed by atoms with Crippen molar-refractivity contribution in [2.75, 3.05) is 9.80 Å². The highest BCUT2D eigenvalue weighted by Gasteiger charge is 2.46. The Morgan fingerprint density at radius 1 is 0.482 bits per heavy atom. The summed E-state index contributed by atoms with van der Waals surface area (Å²) >= 11 is -0.0362. The molecule has 2 aliphatic heterocycles. The predicted octanol–water partition coefficient (Wildman–Crippen LogP) is 12.9. The van der Waals surface area contributed by atoms with Gasteiger partial charge >= 0.3 is 5.51 Å². The summed E-state index contributed by atoms with van der Waals surface area (Å²) in [6.07, 6.45) is 0. The molecule has 0 unspecified atom stereocenters. The van der Waals surface area contributed by atoms with Crippen molar-refractivity contribution in [3.8, 4) is 0 Å². The third-order valence-electron chi connectivity index (χ3n) is 11.7.